The normalized spacial score (nSPS) is 10.5. The van der Waals surface area contributed by atoms with E-state index in [0.717, 1.165) is 42.7 Å². The number of hydrogen-bond acceptors (Lipinski definition) is 6. The van der Waals surface area contributed by atoms with Gasteiger partial charge >= 0.3 is 38.5 Å². The summed E-state index contributed by atoms with van der Waals surface area (Å²) in [5.74, 6) is -2.72. The summed E-state index contributed by atoms with van der Waals surface area (Å²) >= 11 is 2.17. The molecule has 0 rings (SSSR count). The van der Waals surface area contributed by atoms with Gasteiger partial charge in [-0.3, -0.25) is 0 Å². The van der Waals surface area contributed by atoms with Gasteiger partial charge in [-0.05, 0) is 38.5 Å². The van der Waals surface area contributed by atoms with E-state index < -0.39 is 17.9 Å². The van der Waals surface area contributed by atoms with Crippen LogP contribution in [0.1, 0.15) is 266 Å². The third-order valence-corrected chi connectivity index (χ3v) is 8.95. The van der Waals surface area contributed by atoms with Crippen molar-refractivity contribution in [2.75, 3.05) is 0 Å². The molecule has 0 N–H and O–H groups in total. The topological polar surface area (TPSA) is 120 Å². The summed E-state index contributed by atoms with van der Waals surface area (Å²) in [5.41, 5.74) is 0. The molecule has 0 atom stereocenters. The van der Waals surface area contributed by atoms with Crippen molar-refractivity contribution in [1.29, 1.82) is 0 Å². The van der Waals surface area contributed by atoms with Crippen LogP contribution >= 0.6 is 0 Å². The second-order valence-electron chi connectivity index (χ2n) is 15.1. The summed E-state index contributed by atoms with van der Waals surface area (Å²) in [6, 6.07) is 0. The van der Waals surface area contributed by atoms with E-state index in [4.69, 9.17) is 0 Å². The Morgan fingerprint density at radius 3 is 0.558 bits per heavy atom. The summed E-state index contributed by atoms with van der Waals surface area (Å²) < 4.78 is 0.833. The number of carbonyl (C=O) groups is 3. The van der Waals surface area contributed by atoms with Crippen LogP contribution in [0, 0.1) is 0 Å². The number of rotatable bonds is 36. The summed E-state index contributed by atoms with van der Waals surface area (Å²) in [7, 11) is 0. The fraction of sp³-hybridized carbons (Fsp3) is 0.933. The Bertz CT molecular complexity index is 596. The molecule has 7 heteroatoms. The van der Waals surface area contributed by atoms with Gasteiger partial charge in [0, 0.05) is 17.9 Å². The van der Waals surface area contributed by atoms with E-state index >= 15 is 0 Å². The van der Waals surface area contributed by atoms with Gasteiger partial charge in [0.1, 0.15) is 0 Å². The zero-order valence-electron chi connectivity index (χ0n) is 35.5. The molecular formula is C45H88O6Ti. The van der Waals surface area contributed by atoms with Crippen LogP contribution in [0.3, 0.4) is 0 Å². The van der Waals surface area contributed by atoms with Crippen molar-refractivity contribution in [2.24, 2.45) is 0 Å². The van der Waals surface area contributed by atoms with Crippen molar-refractivity contribution in [3.63, 3.8) is 0 Å². The molecule has 0 aliphatic rings. The van der Waals surface area contributed by atoms with Crippen LogP contribution in [0.5, 0.6) is 0 Å². The third kappa shape index (κ3) is 78.3. The molecule has 0 radical (unpaired) electrons. The van der Waals surface area contributed by atoms with Gasteiger partial charge in [0.2, 0.25) is 0 Å². The van der Waals surface area contributed by atoms with Gasteiger partial charge in [-0.2, -0.15) is 0 Å². The Labute approximate surface area is 336 Å². The van der Waals surface area contributed by atoms with Crippen molar-refractivity contribution in [3.8, 4) is 0 Å². The second-order valence-corrected chi connectivity index (χ2v) is 16.9. The Kier molecular flexibility index (Phi) is 60.6. The predicted molar refractivity (Wildman–Crippen MR) is 213 cm³/mol. The monoisotopic (exact) mass is 773 g/mol. The van der Waals surface area contributed by atoms with Gasteiger partial charge in [0.05, 0.1) is 0 Å². The Morgan fingerprint density at radius 2 is 0.442 bits per heavy atom. The maximum absolute atomic E-state index is 10.1. The Hall–Kier alpha value is -0.876. The molecule has 0 aromatic heterocycles. The van der Waals surface area contributed by atoms with Crippen molar-refractivity contribution >= 4 is 17.9 Å². The maximum atomic E-state index is 10.1. The third-order valence-electron chi connectivity index (χ3n) is 8.95. The van der Waals surface area contributed by atoms with E-state index in [0.29, 0.717) is 0 Å². The van der Waals surface area contributed by atoms with E-state index in [-0.39, 0.29) is 19.3 Å². The average molecular weight is 773 g/mol. The molecule has 0 heterocycles. The number of hydrogen-bond donors (Lipinski definition) is 0. The minimum absolute atomic E-state index is 0.233. The Balaban J connectivity index is -0.000000315. The SMILES string of the molecule is CCCCCCCCCCCCCC(=O)[O-].CCCCCCCCCCCCCC(=O)[O-].CCCCCCCCCCCCCC(=O)[O-].C[CH](C)[Ti+3]. The first kappa shape index (κ1) is 57.8. The molecule has 0 fully saturated rings. The molecule has 0 saturated carbocycles. The van der Waals surface area contributed by atoms with E-state index in [1.807, 2.05) is 0 Å². The molecule has 308 valence electrons. The fourth-order valence-electron chi connectivity index (χ4n) is 5.80. The number of carboxylic acid groups (broad SMARTS) is 3. The first-order valence-electron chi connectivity index (χ1n) is 22.4. The summed E-state index contributed by atoms with van der Waals surface area (Å²) in [6.45, 7) is 11.1. The van der Waals surface area contributed by atoms with Crippen molar-refractivity contribution in [3.05, 3.63) is 0 Å². The summed E-state index contributed by atoms with van der Waals surface area (Å²) in [6.07, 6.45) is 42.1. The van der Waals surface area contributed by atoms with Crippen molar-refractivity contribution in [1.82, 2.24) is 0 Å². The summed E-state index contributed by atoms with van der Waals surface area (Å²) in [4.78, 5) is 30.4. The van der Waals surface area contributed by atoms with Gasteiger partial charge < -0.3 is 29.7 Å². The molecule has 0 bridgehead atoms. The van der Waals surface area contributed by atoms with Crippen LogP contribution in [0.4, 0.5) is 0 Å². The van der Waals surface area contributed by atoms with Crippen molar-refractivity contribution < 1.29 is 50.1 Å². The molecule has 0 amide bonds. The second kappa shape index (κ2) is 54.5. The van der Waals surface area contributed by atoms with Gasteiger partial charge in [0.25, 0.3) is 0 Å². The van der Waals surface area contributed by atoms with Gasteiger partial charge in [-0.25, -0.2) is 0 Å². The van der Waals surface area contributed by atoms with Crippen LogP contribution in [-0.2, 0) is 34.8 Å². The molecule has 0 aliphatic heterocycles. The van der Waals surface area contributed by atoms with E-state index in [9.17, 15) is 29.7 Å². The van der Waals surface area contributed by atoms with Crippen LogP contribution in [0.25, 0.3) is 0 Å². The fourth-order valence-corrected chi connectivity index (χ4v) is 5.80. The first-order valence-corrected chi connectivity index (χ1v) is 23.3. The quantitative estimate of drug-likeness (QED) is 0.0462. The molecule has 0 spiro atoms. The number of unbranched alkanes of at least 4 members (excludes halogenated alkanes) is 30. The predicted octanol–water partition coefficient (Wildman–Crippen LogP) is 11.7. The molecule has 0 aromatic rings. The molecule has 6 nitrogen and oxygen atoms in total. The van der Waals surface area contributed by atoms with Crippen molar-refractivity contribution in [2.45, 2.75) is 270 Å². The van der Waals surface area contributed by atoms with Crippen LogP contribution in [0.2, 0.25) is 4.22 Å². The molecule has 0 saturated heterocycles. The van der Waals surface area contributed by atoms with E-state index in [2.05, 4.69) is 55.1 Å². The number of carbonyl (C=O) groups excluding carboxylic acids is 3. The molecule has 52 heavy (non-hydrogen) atoms. The summed E-state index contributed by atoms with van der Waals surface area (Å²) in [5, 5.41) is 30.4. The molecule has 0 aliphatic carbocycles. The zero-order valence-corrected chi connectivity index (χ0v) is 37.0. The number of aliphatic carboxylic acids is 3. The van der Waals surface area contributed by atoms with Crippen LogP contribution < -0.4 is 15.3 Å². The molecule has 0 aromatic carbocycles. The van der Waals surface area contributed by atoms with Crippen LogP contribution in [-0.4, -0.2) is 17.9 Å². The number of carboxylic acids is 3. The van der Waals surface area contributed by atoms with Gasteiger partial charge in [-0.1, -0.05) is 213 Å². The average Bonchev–Trinajstić information content (AvgIpc) is 3.08. The van der Waals surface area contributed by atoms with E-state index in [1.165, 1.54) is 173 Å². The first-order chi connectivity index (χ1) is 25.0. The van der Waals surface area contributed by atoms with Gasteiger partial charge in [-0.15, -0.1) is 0 Å². The standard InChI is InChI=1S/3C14H28O2.C3H7.Ti/c3*1-2-3-4-5-6-7-8-9-10-11-12-13-14(15)16;1-3-2;/h3*2-13H2,1H3,(H,15,16);3H,1-2H3;/q;;;;+3/p-3. The Morgan fingerprint density at radius 1 is 0.327 bits per heavy atom. The van der Waals surface area contributed by atoms with E-state index in [1.54, 1.807) is 0 Å². The minimum atomic E-state index is -0.907. The van der Waals surface area contributed by atoms with Gasteiger partial charge in [0.15, 0.2) is 0 Å². The molecule has 0 unspecified atom stereocenters. The zero-order chi connectivity index (χ0) is 39.8. The molecular weight excluding hydrogens is 684 g/mol. The van der Waals surface area contributed by atoms with Crippen LogP contribution in [0.15, 0.2) is 0 Å².